The van der Waals surface area contributed by atoms with Crippen molar-refractivity contribution in [2.75, 3.05) is 11.6 Å². The number of hydrogen-bond donors (Lipinski definition) is 4. The van der Waals surface area contributed by atoms with Gasteiger partial charge in [0.2, 0.25) is 15.9 Å². The second-order valence-corrected chi connectivity index (χ2v) is 11.8. The molecule has 0 saturated carbocycles. The van der Waals surface area contributed by atoms with Crippen molar-refractivity contribution in [2.24, 2.45) is 0 Å². The number of rotatable bonds is 8. The molecule has 0 fully saturated rings. The number of aromatic nitrogens is 5. The standard InChI is InChI=1S/C30H26FN7O3S/c1-3-28(39)35-22-11-20(15-32-16-22)18-4-5-26-25(12-18)29(38-37-26)27-13-24-23(6-7-33-30(24)36-27)19-8-17(9-21(31)10-19)14-34-42(2,40)41/h4-13,15-16,34H,3,14H2,1-2H3,(H,33,36)(H,35,39)(H,37,38). The number of nitrogens with one attached hydrogen (secondary N) is 4. The highest BCUT2D eigenvalue weighted by atomic mass is 32.2. The van der Waals surface area contributed by atoms with E-state index in [4.69, 9.17) is 0 Å². The van der Waals surface area contributed by atoms with Crippen LogP contribution in [0.15, 0.2) is 73.2 Å². The van der Waals surface area contributed by atoms with Crippen LogP contribution in [-0.4, -0.2) is 45.7 Å². The molecule has 0 aliphatic heterocycles. The topological polar surface area (TPSA) is 146 Å². The molecule has 4 aromatic heterocycles. The number of aromatic amines is 2. The molecule has 212 valence electrons. The van der Waals surface area contributed by atoms with Crippen molar-refractivity contribution < 1.29 is 17.6 Å². The lowest BCUT2D eigenvalue weighted by molar-refractivity contribution is -0.115. The minimum Gasteiger partial charge on any atom is -0.338 e. The van der Waals surface area contributed by atoms with Gasteiger partial charge in [-0.2, -0.15) is 5.10 Å². The molecule has 12 heteroatoms. The minimum atomic E-state index is -3.43. The molecule has 0 saturated heterocycles. The molecular weight excluding hydrogens is 557 g/mol. The molecule has 0 bridgehead atoms. The predicted molar refractivity (Wildman–Crippen MR) is 160 cm³/mol. The molecule has 10 nitrogen and oxygen atoms in total. The number of H-pyrrole nitrogens is 2. The molecule has 2 aromatic carbocycles. The van der Waals surface area contributed by atoms with Gasteiger partial charge in [0.1, 0.15) is 17.2 Å². The molecule has 4 N–H and O–H groups in total. The SMILES string of the molecule is CCC(=O)Nc1cncc(-c2ccc3[nH]nc(-c4cc5c(-c6cc(F)cc(CNS(C)(=O)=O)c6)ccnc5[nH]4)c3c2)c1. The third-order valence-electron chi connectivity index (χ3n) is 6.83. The number of fused-ring (bicyclic) bond motifs is 2. The molecule has 0 radical (unpaired) electrons. The van der Waals surface area contributed by atoms with Crippen LogP contribution in [0.4, 0.5) is 10.1 Å². The normalized spacial score (nSPS) is 11.8. The van der Waals surface area contributed by atoms with Crippen LogP contribution >= 0.6 is 0 Å². The van der Waals surface area contributed by atoms with E-state index in [1.54, 1.807) is 37.6 Å². The summed E-state index contributed by atoms with van der Waals surface area (Å²) in [6.07, 6.45) is 6.41. The van der Waals surface area contributed by atoms with Crippen LogP contribution in [-0.2, 0) is 21.4 Å². The van der Waals surface area contributed by atoms with E-state index in [1.807, 2.05) is 30.3 Å². The Morgan fingerprint density at radius 3 is 2.64 bits per heavy atom. The molecule has 0 atom stereocenters. The van der Waals surface area contributed by atoms with Crippen LogP contribution in [0.3, 0.4) is 0 Å². The molecule has 4 heterocycles. The van der Waals surface area contributed by atoms with E-state index in [9.17, 15) is 17.6 Å². The van der Waals surface area contributed by atoms with Crippen LogP contribution < -0.4 is 10.0 Å². The zero-order chi connectivity index (χ0) is 29.4. The van der Waals surface area contributed by atoms with Gasteiger partial charge in [0.25, 0.3) is 0 Å². The summed E-state index contributed by atoms with van der Waals surface area (Å²) >= 11 is 0. The molecule has 42 heavy (non-hydrogen) atoms. The van der Waals surface area contributed by atoms with Gasteiger partial charge in [-0.05, 0) is 70.8 Å². The number of carbonyl (C=O) groups is 1. The zero-order valence-electron chi connectivity index (χ0n) is 22.7. The van der Waals surface area contributed by atoms with Gasteiger partial charge in [0.15, 0.2) is 0 Å². The van der Waals surface area contributed by atoms with Gasteiger partial charge in [0, 0.05) is 41.7 Å². The van der Waals surface area contributed by atoms with E-state index in [0.29, 0.717) is 40.3 Å². The zero-order valence-corrected chi connectivity index (χ0v) is 23.5. The largest absolute Gasteiger partial charge is 0.338 e. The number of nitrogens with zero attached hydrogens (tertiary/aromatic N) is 3. The van der Waals surface area contributed by atoms with E-state index in [1.165, 1.54) is 12.1 Å². The van der Waals surface area contributed by atoms with Gasteiger partial charge in [-0.25, -0.2) is 22.5 Å². The Morgan fingerprint density at radius 2 is 1.83 bits per heavy atom. The van der Waals surface area contributed by atoms with Crippen molar-refractivity contribution in [3.05, 3.63) is 84.6 Å². The van der Waals surface area contributed by atoms with E-state index < -0.39 is 15.8 Å². The van der Waals surface area contributed by atoms with Gasteiger partial charge in [-0.15, -0.1) is 0 Å². The van der Waals surface area contributed by atoms with E-state index in [2.05, 4.69) is 35.2 Å². The fourth-order valence-corrected chi connectivity index (χ4v) is 5.27. The van der Waals surface area contributed by atoms with Crippen LogP contribution in [0.25, 0.3) is 55.6 Å². The summed E-state index contributed by atoms with van der Waals surface area (Å²) in [5.74, 6) is -0.564. The second kappa shape index (κ2) is 10.8. The Kier molecular flexibility index (Phi) is 7.01. The first-order valence-corrected chi connectivity index (χ1v) is 15.0. The Morgan fingerprint density at radius 1 is 0.976 bits per heavy atom. The molecular formula is C30H26FN7O3S. The third-order valence-corrected chi connectivity index (χ3v) is 7.50. The molecule has 6 aromatic rings. The Balaban J connectivity index is 1.39. The maximum absolute atomic E-state index is 14.6. The van der Waals surface area contributed by atoms with Gasteiger partial charge < -0.3 is 10.3 Å². The van der Waals surface area contributed by atoms with Crippen molar-refractivity contribution in [3.8, 4) is 33.6 Å². The Bertz CT molecular complexity index is 2090. The number of amides is 1. The third kappa shape index (κ3) is 5.62. The first kappa shape index (κ1) is 27.2. The van der Waals surface area contributed by atoms with Crippen LogP contribution in [0, 0.1) is 5.82 Å². The van der Waals surface area contributed by atoms with Gasteiger partial charge in [-0.3, -0.25) is 14.9 Å². The number of sulfonamides is 1. The summed E-state index contributed by atoms with van der Waals surface area (Å²) in [5.41, 5.74) is 7.00. The lowest BCUT2D eigenvalue weighted by Crippen LogP contribution is -2.21. The number of carbonyl (C=O) groups excluding carboxylic acids is 1. The average Bonchev–Trinajstić information content (AvgIpc) is 3.59. The summed E-state index contributed by atoms with van der Waals surface area (Å²) in [6, 6.07) is 15.9. The van der Waals surface area contributed by atoms with Gasteiger partial charge in [-0.1, -0.05) is 13.0 Å². The highest BCUT2D eigenvalue weighted by Crippen LogP contribution is 2.35. The maximum atomic E-state index is 14.6. The highest BCUT2D eigenvalue weighted by Gasteiger charge is 2.16. The molecule has 0 aliphatic rings. The van der Waals surface area contributed by atoms with Crippen molar-refractivity contribution in [2.45, 2.75) is 19.9 Å². The second-order valence-electron chi connectivity index (χ2n) is 9.94. The van der Waals surface area contributed by atoms with Crippen molar-refractivity contribution in [3.63, 3.8) is 0 Å². The van der Waals surface area contributed by atoms with Gasteiger partial charge in [0.05, 0.1) is 29.4 Å². The van der Waals surface area contributed by atoms with Crippen molar-refractivity contribution in [1.29, 1.82) is 0 Å². The smallest absolute Gasteiger partial charge is 0.224 e. The predicted octanol–water partition coefficient (Wildman–Crippen LogP) is 5.37. The first-order valence-electron chi connectivity index (χ1n) is 13.1. The number of benzene rings is 2. The lowest BCUT2D eigenvalue weighted by atomic mass is 10.0. The minimum absolute atomic E-state index is 0.0266. The monoisotopic (exact) mass is 583 g/mol. The number of pyridine rings is 2. The first-order chi connectivity index (χ1) is 20.2. The molecule has 0 unspecified atom stereocenters. The van der Waals surface area contributed by atoms with Gasteiger partial charge >= 0.3 is 0 Å². The quantitative estimate of drug-likeness (QED) is 0.190. The molecule has 0 aliphatic carbocycles. The highest BCUT2D eigenvalue weighted by molar-refractivity contribution is 7.88. The fraction of sp³-hybridized carbons (Fsp3) is 0.133. The number of hydrogen-bond acceptors (Lipinski definition) is 6. The van der Waals surface area contributed by atoms with E-state index >= 15 is 0 Å². The summed E-state index contributed by atoms with van der Waals surface area (Å²) in [6.45, 7) is 1.76. The summed E-state index contributed by atoms with van der Waals surface area (Å²) < 4.78 is 40.1. The lowest BCUT2D eigenvalue weighted by Gasteiger charge is -2.08. The van der Waals surface area contributed by atoms with Crippen LogP contribution in [0.5, 0.6) is 0 Å². The van der Waals surface area contributed by atoms with Crippen molar-refractivity contribution in [1.82, 2.24) is 29.9 Å². The maximum Gasteiger partial charge on any atom is 0.224 e. The van der Waals surface area contributed by atoms with E-state index in [-0.39, 0.29) is 12.5 Å². The number of anilines is 1. The Hall–Kier alpha value is -4.94. The van der Waals surface area contributed by atoms with Crippen LogP contribution in [0.2, 0.25) is 0 Å². The van der Waals surface area contributed by atoms with Crippen molar-refractivity contribution >= 4 is 43.6 Å². The Labute approximate surface area is 240 Å². The van der Waals surface area contributed by atoms with Crippen LogP contribution in [0.1, 0.15) is 18.9 Å². The molecule has 6 rings (SSSR count). The summed E-state index contributed by atoms with van der Waals surface area (Å²) in [4.78, 5) is 23.9. The summed E-state index contributed by atoms with van der Waals surface area (Å²) in [7, 11) is -3.43. The fourth-order valence-electron chi connectivity index (χ4n) is 4.84. The molecule has 1 amide bonds. The molecule has 0 spiro atoms. The number of halogens is 1. The summed E-state index contributed by atoms with van der Waals surface area (Å²) in [5, 5.41) is 12.1. The van der Waals surface area contributed by atoms with E-state index in [0.717, 1.165) is 39.2 Å². The average molecular weight is 584 g/mol.